The van der Waals surface area contributed by atoms with E-state index in [0.717, 1.165) is 77.0 Å². The SMILES string of the molecule is CCCCC/C=C\C/C=C\C/C=C\CCCCCCC(CC(=O)NC(CO)C(O)CCCCCCCCCCCCCCCCCC)OC(=O)CC/C=C/C/C=C\CCCCCCCC. The molecular formula is C59H107NO5. The maximum Gasteiger partial charge on any atom is 0.306 e. The molecule has 378 valence electrons. The monoisotopic (exact) mass is 910 g/mol. The molecule has 0 aliphatic rings. The van der Waals surface area contributed by atoms with Crippen LogP contribution in [0.3, 0.4) is 0 Å². The molecule has 0 rings (SSSR count). The summed E-state index contributed by atoms with van der Waals surface area (Å²) >= 11 is 0. The first kappa shape index (κ1) is 62.6. The van der Waals surface area contributed by atoms with Crippen LogP contribution < -0.4 is 5.32 Å². The number of nitrogens with one attached hydrogen (secondary N) is 1. The van der Waals surface area contributed by atoms with Gasteiger partial charge in [0.1, 0.15) is 6.10 Å². The van der Waals surface area contributed by atoms with E-state index in [0.29, 0.717) is 19.3 Å². The van der Waals surface area contributed by atoms with Crippen LogP contribution in [0.25, 0.3) is 0 Å². The minimum absolute atomic E-state index is 0.0398. The van der Waals surface area contributed by atoms with E-state index in [1.165, 1.54) is 148 Å². The zero-order chi connectivity index (χ0) is 47.4. The summed E-state index contributed by atoms with van der Waals surface area (Å²) in [4.78, 5) is 26.2. The average molecular weight is 911 g/mol. The predicted octanol–water partition coefficient (Wildman–Crippen LogP) is 17.2. The van der Waals surface area contributed by atoms with Crippen molar-refractivity contribution < 1.29 is 24.5 Å². The molecule has 0 radical (unpaired) electrons. The summed E-state index contributed by atoms with van der Waals surface area (Å²) in [5.41, 5.74) is 0. The van der Waals surface area contributed by atoms with E-state index in [9.17, 15) is 19.8 Å². The molecular weight excluding hydrogens is 803 g/mol. The first-order chi connectivity index (χ1) is 32.0. The number of allylic oxidation sites excluding steroid dienone is 10. The number of esters is 1. The summed E-state index contributed by atoms with van der Waals surface area (Å²) in [6, 6.07) is -0.721. The van der Waals surface area contributed by atoms with Crippen LogP contribution in [0, 0.1) is 0 Å². The van der Waals surface area contributed by atoms with Crippen LogP contribution in [0.4, 0.5) is 0 Å². The van der Waals surface area contributed by atoms with Crippen LogP contribution in [0.15, 0.2) is 60.8 Å². The molecule has 0 fully saturated rings. The number of aliphatic hydroxyl groups excluding tert-OH is 2. The van der Waals surface area contributed by atoms with Crippen LogP contribution in [-0.2, 0) is 14.3 Å². The quantitative estimate of drug-likeness (QED) is 0.0321. The van der Waals surface area contributed by atoms with Gasteiger partial charge in [0.25, 0.3) is 0 Å². The molecule has 3 atom stereocenters. The van der Waals surface area contributed by atoms with Crippen molar-refractivity contribution in [3.63, 3.8) is 0 Å². The zero-order valence-corrected chi connectivity index (χ0v) is 43.1. The third-order valence-electron chi connectivity index (χ3n) is 12.6. The van der Waals surface area contributed by atoms with E-state index < -0.39 is 18.2 Å². The van der Waals surface area contributed by atoms with E-state index in [1.54, 1.807) is 0 Å². The van der Waals surface area contributed by atoms with Gasteiger partial charge in [-0.15, -0.1) is 0 Å². The second-order valence-corrected chi connectivity index (χ2v) is 19.0. The highest BCUT2D eigenvalue weighted by Crippen LogP contribution is 2.17. The number of ether oxygens (including phenoxy) is 1. The van der Waals surface area contributed by atoms with E-state index >= 15 is 0 Å². The van der Waals surface area contributed by atoms with Crippen LogP contribution in [0.2, 0.25) is 0 Å². The molecule has 0 heterocycles. The van der Waals surface area contributed by atoms with Crippen LogP contribution >= 0.6 is 0 Å². The van der Waals surface area contributed by atoms with E-state index in [1.807, 2.05) is 6.08 Å². The molecule has 6 nitrogen and oxygen atoms in total. The Hall–Kier alpha value is -2.44. The molecule has 0 aliphatic heterocycles. The lowest BCUT2D eigenvalue weighted by molar-refractivity contribution is -0.150. The fourth-order valence-electron chi connectivity index (χ4n) is 8.31. The second-order valence-electron chi connectivity index (χ2n) is 19.0. The van der Waals surface area contributed by atoms with Gasteiger partial charge < -0.3 is 20.3 Å². The summed E-state index contributed by atoms with van der Waals surface area (Å²) in [5.74, 6) is -0.571. The number of hydrogen-bond donors (Lipinski definition) is 3. The van der Waals surface area contributed by atoms with E-state index in [4.69, 9.17) is 4.74 Å². The van der Waals surface area contributed by atoms with Crippen LogP contribution in [-0.4, -0.2) is 46.9 Å². The minimum Gasteiger partial charge on any atom is -0.462 e. The van der Waals surface area contributed by atoms with Gasteiger partial charge in [0.2, 0.25) is 5.91 Å². The summed E-state index contributed by atoms with van der Waals surface area (Å²) in [7, 11) is 0. The van der Waals surface area contributed by atoms with Crippen molar-refractivity contribution in [3.8, 4) is 0 Å². The first-order valence-corrected chi connectivity index (χ1v) is 28.0. The number of carbonyl (C=O) groups excluding carboxylic acids is 2. The minimum atomic E-state index is -0.805. The fraction of sp³-hybridized carbons (Fsp3) is 0.797. The third-order valence-corrected chi connectivity index (χ3v) is 12.6. The maximum atomic E-state index is 13.2. The molecule has 0 aromatic rings. The topological polar surface area (TPSA) is 95.9 Å². The van der Waals surface area contributed by atoms with Crippen molar-refractivity contribution in [2.45, 2.75) is 296 Å². The largest absolute Gasteiger partial charge is 0.462 e. The van der Waals surface area contributed by atoms with Gasteiger partial charge in [-0.05, 0) is 83.5 Å². The van der Waals surface area contributed by atoms with Crippen LogP contribution in [0.5, 0.6) is 0 Å². The first-order valence-electron chi connectivity index (χ1n) is 28.0. The van der Waals surface area contributed by atoms with Gasteiger partial charge in [0, 0.05) is 6.42 Å². The van der Waals surface area contributed by atoms with Crippen molar-refractivity contribution in [1.82, 2.24) is 5.32 Å². The van der Waals surface area contributed by atoms with Gasteiger partial charge in [-0.3, -0.25) is 9.59 Å². The Kier molecular flexibility index (Phi) is 50.6. The van der Waals surface area contributed by atoms with Gasteiger partial charge in [-0.2, -0.15) is 0 Å². The molecule has 0 saturated heterocycles. The highest BCUT2D eigenvalue weighted by Gasteiger charge is 2.24. The lowest BCUT2D eigenvalue weighted by atomic mass is 10.0. The van der Waals surface area contributed by atoms with Crippen molar-refractivity contribution in [1.29, 1.82) is 0 Å². The van der Waals surface area contributed by atoms with Crippen molar-refractivity contribution in [2.75, 3.05) is 6.61 Å². The second kappa shape index (κ2) is 52.5. The smallest absolute Gasteiger partial charge is 0.306 e. The van der Waals surface area contributed by atoms with Crippen molar-refractivity contribution >= 4 is 11.9 Å². The molecule has 0 aromatic carbocycles. The maximum absolute atomic E-state index is 13.2. The Bertz CT molecular complexity index is 1160. The number of hydrogen-bond acceptors (Lipinski definition) is 5. The van der Waals surface area contributed by atoms with Gasteiger partial charge in [-0.25, -0.2) is 0 Å². The highest BCUT2D eigenvalue weighted by molar-refractivity contribution is 5.77. The molecule has 6 heteroatoms. The Morgan fingerprint density at radius 1 is 0.446 bits per heavy atom. The Balaban J connectivity index is 4.65. The Morgan fingerprint density at radius 2 is 0.785 bits per heavy atom. The zero-order valence-electron chi connectivity index (χ0n) is 43.1. The molecule has 0 aromatic heterocycles. The predicted molar refractivity (Wildman–Crippen MR) is 282 cm³/mol. The molecule has 3 N–H and O–H groups in total. The number of aliphatic hydroxyl groups is 2. The summed E-state index contributed by atoms with van der Waals surface area (Å²) in [6.07, 6.45) is 65.8. The molecule has 0 bridgehead atoms. The lowest BCUT2D eigenvalue weighted by Gasteiger charge is -2.24. The molecule has 3 unspecified atom stereocenters. The van der Waals surface area contributed by atoms with Gasteiger partial charge in [-0.1, -0.05) is 242 Å². The number of amides is 1. The molecule has 0 saturated carbocycles. The fourth-order valence-corrected chi connectivity index (χ4v) is 8.31. The van der Waals surface area contributed by atoms with Crippen molar-refractivity contribution in [3.05, 3.63) is 60.8 Å². The molecule has 1 amide bonds. The van der Waals surface area contributed by atoms with E-state index in [2.05, 4.69) is 80.8 Å². The molecule has 0 spiro atoms. The number of carbonyl (C=O) groups is 2. The standard InChI is InChI=1S/C59H107NO5/c1-4-7-10-13-16-19-22-25-27-29-30-33-35-38-41-44-47-50-55(65-59(64)52-49-46-43-40-37-32-24-21-18-15-12-9-6-3)53-58(63)60-56(54-61)57(62)51-48-45-42-39-36-34-31-28-26-23-20-17-14-11-8-5-2/h16,19,25,27,30,32-33,37,43,46,55-57,61-62H,4-15,17-18,20-24,26,28-29,31,34-36,38-42,44-45,47-54H2,1-3H3,(H,60,63)/b19-16-,27-25-,33-30-,37-32-,46-43+. The average Bonchev–Trinajstić information content (AvgIpc) is 3.30. The normalized spacial score (nSPS) is 13.6. The van der Waals surface area contributed by atoms with Gasteiger partial charge in [0.15, 0.2) is 0 Å². The molecule has 65 heavy (non-hydrogen) atoms. The molecule has 0 aliphatic carbocycles. The van der Waals surface area contributed by atoms with E-state index in [-0.39, 0.29) is 31.3 Å². The Labute approximate surface area is 403 Å². The van der Waals surface area contributed by atoms with Crippen molar-refractivity contribution in [2.24, 2.45) is 0 Å². The number of unbranched alkanes of at least 4 members (excludes halogenated alkanes) is 28. The third kappa shape index (κ3) is 47.8. The summed E-state index contributed by atoms with van der Waals surface area (Å²) in [6.45, 7) is 6.45. The van der Waals surface area contributed by atoms with Crippen LogP contribution in [0.1, 0.15) is 278 Å². The lowest BCUT2D eigenvalue weighted by Crippen LogP contribution is -2.46. The summed E-state index contributed by atoms with van der Waals surface area (Å²) in [5, 5.41) is 23.8. The van der Waals surface area contributed by atoms with Gasteiger partial charge >= 0.3 is 5.97 Å². The number of rotatable bonds is 50. The summed E-state index contributed by atoms with van der Waals surface area (Å²) < 4.78 is 5.90. The Morgan fingerprint density at radius 3 is 1.22 bits per heavy atom. The highest BCUT2D eigenvalue weighted by atomic mass is 16.5. The van der Waals surface area contributed by atoms with Gasteiger partial charge in [0.05, 0.1) is 25.2 Å².